The predicted molar refractivity (Wildman–Crippen MR) is 100 cm³/mol. The maximum Gasteiger partial charge on any atom is 0.228 e. The van der Waals surface area contributed by atoms with Crippen molar-refractivity contribution in [3.8, 4) is 0 Å². The average molecular weight is 354 g/mol. The van der Waals surface area contributed by atoms with E-state index >= 15 is 0 Å². The molecule has 0 spiro atoms. The van der Waals surface area contributed by atoms with Crippen LogP contribution in [0, 0.1) is 17.7 Å². The smallest absolute Gasteiger partial charge is 0.228 e. The van der Waals surface area contributed by atoms with Crippen LogP contribution >= 0.6 is 0 Å². The van der Waals surface area contributed by atoms with Crippen LogP contribution in [0.15, 0.2) is 48.5 Å². The molecule has 4 nitrogen and oxygen atoms in total. The zero-order valence-corrected chi connectivity index (χ0v) is 15.2. The molecule has 0 radical (unpaired) electrons. The van der Waals surface area contributed by atoms with Gasteiger partial charge in [-0.25, -0.2) is 4.39 Å². The Labute approximate surface area is 152 Å². The summed E-state index contributed by atoms with van der Waals surface area (Å²) in [6, 6.07) is 13.7. The quantitative estimate of drug-likeness (QED) is 0.858. The summed E-state index contributed by atoms with van der Waals surface area (Å²) in [7, 11) is 0. The van der Waals surface area contributed by atoms with Crippen molar-refractivity contribution in [1.82, 2.24) is 0 Å². The van der Waals surface area contributed by atoms with Gasteiger partial charge in [-0.05, 0) is 41.7 Å². The molecule has 0 aliphatic heterocycles. The Balaban J connectivity index is 1.56. The van der Waals surface area contributed by atoms with Crippen molar-refractivity contribution in [3.05, 3.63) is 59.9 Å². The first-order chi connectivity index (χ1) is 12.3. The third-order valence-electron chi connectivity index (χ3n) is 4.61. The highest BCUT2D eigenvalue weighted by Gasteiger charge is 2.48. The molecule has 2 atom stereocenters. The first kappa shape index (κ1) is 18.1. The fourth-order valence-corrected chi connectivity index (χ4v) is 2.85. The molecule has 2 amide bonds. The first-order valence-electron chi connectivity index (χ1n) is 8.72. The molecule has 0 bridgehead atoms. The highest BCUT2D eigenvalue weighted by Crippen LogP contribution is 2.40. The van der Waals surface area contributed by atoms with Gasteiger partial charge >= 0.3 is 0 Å². The molecule has 1 fully saturated rings. The third-order valence-corrected chi connectivity index (χ3v) is 4.61. The van der Waals surface area contributed by atoms with E-state index in [1.807, 2.05) is 24.3 Å². The Hall–Kier alpha value is -2.69. The summed E-state index contributed by atoms with van der Waals surface area (Å²) >= 11 is 0. The molecule has 1 aliphatic rings. The molecule has 2 aromatic carbocycles. The van der Waals surface area contributed by atoms with Crippen molar-refractivity contribution in [2.45, 2.75) is 32.6 Å². The number of carbonyl (C=O) groups is 2. The minimum atomic E-state index is -0.485. The van der Waals surface area contributed by atoms with E-state index in [2.05, 4.69) is 31.4 Å². The fraction of sp³-hybridized carbons (Fsp3) is 0.333. The van der Waals surface area contributed by atoms with Gasteiger partial charge in [0.25, 0.3) is 0 Å². The van der Waals surface area contributed by atoms with Crippen molar-refractivity contribution in [2.75, 3.05) is 10.6 Å². The lowest BCUT2D eigenvalue weighted by molar-refractivity contribution is -0.122. The standard InChI is InChI=1S/C21H23FN2O2/c1-21(2,3)13-8-10-14(11-9-13)23-19(25)15-12-16(15)20(26)24-18-7-5-4-6-17(18)22/h4-11,15-16H,12H2,1-3H3,(H,23,25)(H,24,26). The van der Waals surface area contributed by atoms with E-state index < -0.39 is 11.7 Å². The second-order valence-corrected chi connectivity index (χ2v) is 7.73. The summed E-state index contributed by atoms with van der Waals surface area (Å²) in [5.41, 5.74) is 2.09. The van der Waals surface area contributed by atoms with Gasteiger partial charge in [-0.3, -0.25) is 9.59 Å². The number of carbonyl (C=O) groups excluding carboxylic acids is 2. The largest absolute Gasteiger partial charge is 0.326 e. The first-order valence-corrected chi connectivity index (χ1v) is 8.72. The zero-order valence-electron chi connectivity index (χ0n) is 15.2. The van der Waals surface area contributed by atoms with Crippen LogP contribution < -0.4 is 10.6 Å². The summed E-state index contributed by atoms with van der Waals surface area (Å²) in [4.78, 5) is 24.5. The summed E-state index contributed by atoms with van der Waals surface area (Å²) in [5, 5.41) is 5.40. The van der Waals surface area contributed by atoms with Crippen LogP contribution in [-0.4, -0.2) is 11.8 Å². The van der Waals surface area contributed by atoms with Crippen molar-refractivity contribution in [1.29, 1.82) is 0 Å². The van der Waals surface area contributed by atoms with Crippen LogP contribution in [0.1, 0.15) is 32.8 Å². The minimum absolute atomic E-state index is 0.0505. The second kappa shape index (κ2) is 6.90. The molecule has 0 heterocycles. The van der Waals surface area contributed by atoms with Gasteiger partial charge < -0.3 is 10.6 Å². The monoisotopic (exact) mass is 354 g/mol. The topological polar surface area (TPSA) is 58.2 Å². The fourth-order valence-electron chi connectivity index (χ4n) is 2.85. The van der Waals surface area contributed by atoms with Crippen molar-refractivity contribution in [2.24, 2.45) is 11.8 Å². The molecule has 1 aliphatic carbocycles. The summed E-state index contributed by atoms with van der Waals surface area (Å²) < 4.78 is 13.6. The van der Waals surface area contributed by atoms with Gasteiger partial charge in [-0.15, -0.1) is 0 Å². The van der Waals surface area contributed by atoms with Crippen molar-refractivity contribution in [3.63, 3.8) is 0 Å². The lowest BCUT2D eigenvalue weighted by atomic mass is 9.87. The number of hydrogen-bond donors (Lipinski definition) is 2. The van der Waals surface area contributed by atoms with Crippen molar-refractivity contribution >= 4 is 23.2 Å². The van der Waals surface area contributed by atoms with Crippen LogP contribution in [0.5, 0.6) is 0 Å². The van der Waals surface area contributed by atoms with Gasteiger partial charge in [0, 0.05) is 5.69 Å². The van der Waals surface area contributed by atoms with Gasteiger partial charge in [-0.2, -0.15) is 0 Å². The number of amides is 2. The van der Waals surface area contributed by atoms with Crippen LogP contribution in [0.3, 0.4) is 0 Å². The molecular formula is C21H23FN2O2. The predicted octanol–water partition coefficient (Wildman–Crippen LogP) is 4.34. The molecule has 136 valence electrons. The Kier molecular flexibility index (Phi) is 4.81. The average Bonchev–Trinajstić information content (AvgIpc) is 3.37. The van der Waals surface area contributed by atoms with E-state index in [9.17, 15) is 14.0 Å². The summed E-state index contributed by atoms with van der Waals surface area (Å²) in [6.07, 6.45) is 0.478. The van der Waals surface area contributed by atoms with Gasteiger partial charge in [0.1, 0.15) is 5.82 Å². The van der Waals surface area contributed by atoms with Gasteiger partial charge in [-0.1, -0.05) is 45.0 Å². The molecule has 0 saturated heterocycles. The second-order valence-electron chi connectivity index (χ2n) is 7.73. The van der Waals surface area contributed by atoms with Gasteiger partial charge in [0.05, 0.1) is 17.5 Å². The minimum Gasteiger partial charge on any atom is -0.326 e. The molecule has 2 unspecified atom stereocenters. The number of anilines is 2. The third kappa shape index (κ3) is 4.10. The van der Waals surface area contributed by atoms with Crippen LogP contribution in [-0.2, 0) is 15.0 Å². The Morgan fingerprint density at radius 2 is 1.50 bits per heavy atom. The van der Waals surface area contributed by atoms with E-state index in [0.717, 1.165) is 0 Å². The van der Waals surface area contributed by atoms with E-state index in [1.165, 1.54) is 17.7 Å². The zero-order chi connectivity index (χ0) is 18.9. The number of hydrogen-bond acceptors (Lipinski definition) is 2. The molecule has 3 rings (SSSR count). The van der Waals surface area contributed by atoms with E-state index in [-0.39, 0.29) is 28.8 Å². The molecule has 0 aromatic heterocycles. The number of rotatable bonds is 4. The van der Waals surface area contributed by atoms with Gasteiger partial charge in [0.2, 0.25) is 11.8 Å². The van der Waals surface area contributed by atoms with Crippen LogP contribution in [0.2, 0.25) is 0 Å². The molecule has 2 N–H and O–H groups in total. The maximum absolute atomic E-state index is 13.6. The Morgan fingerprint density at radius 1 is 0.923 bits per heavy atom. The molecule has 2 aromatic rings. The van der Waals surface area contributed by atoms with E-state index in [1.54, 1.807) is 12.1 Å². The highest BCUT2D eigenvalue weighted by atomic mass is 19.1. The highest BCUT2D eigenvalue weighted by molar-refractivity contribution is 6.03. The normalized spacial score (nSPS) is 18.9. The summed E-state index contributed by atoms with van der Waals surface area (Å²) in [6.45, 7) is 6.39. The van der Waals surface area contributed by atoms with E-state index in [4.69, 9.17) is 0 Å². The van der Waals surface area contributed by atoms with Crippen LogP contribution in [0.25, 0.3) is 0 Å². The lowest BCUT2D eigenvalue weighted by Gasteiger charge is -2.19. The molecule has 5 heteroatoms. The number of para-hydroxylation sites is 1. The van der Waals surface area contributed by atoms with Crippen molar-refractivity contribution < 1.29 is 14.0 Å². The number of benzene rings is 2. The molecule has 26 heavy (non-hydrogen) atoms. The number of halogens is 1. The SMILES string of the molecule is CC(C)(C)c1ccc(NC(=O)C2CC2C(=O)Nc2ccccc2F)cc1. The maximum atomic E-state index is 13.6. The van der Waals surface area contributed by atoms with Crippen LogP contribution in [0.4, 0.5) is 15.8 Å². The Morgan fingerprint density at radius 3 is 2.08 bits per heavy atom. The lowest BCUT2D eigenvalue weighted by Crippen LogP contribution is -2.21. The van der Waals surface area contributed by atoms with Gasteiger partial charge in [0.15, 0.2) is 0 Å². The van der Waals surface area contributed by atoms with E-state index in [0.29, 0.717) is 12.1 Å². The summed E-state index contributed by atoms with van der Waals surface area (Å²) in [5.74, 6) is -1.77. The number of nitrogens with one attached hydrogen (secondary N) is 2. The molecular weight excluding hydrogens is 331 g/mol. The Bertz CT molecular complexity index is 825. The molecule has 1 saturated carbocycles.